The van der Waals surface area contributed by atoms with Gasteiger partial charge < -0.3 is 14.7 Å². The van der Waals surface area contributed by atoms with Crippen LogP contribution in [0.15, 0.2) is 0 Å². The first-order chi connectivity index (χ1) is 9.45. The summed E-state index contributed by atoms with van der Waals surface area (Å²) >= 11 is 0. The van der Waals surface area contributed by atoms with Crippen LogP contribution in [0.2, 0.25) is 0 Å². The van der Waals surface area contributed by atoms with Gasteiger partial charge in [-0.1, -0.05) is 20.8 Å². The van der Waals surface area contributed by atoms with Crippen molar-refractivity contribution in [2.75, 3.05) is 26.2 Å². The quantitative estimate of drug-likeness (QED) is 0.805. The lowest BCUT2D eigenvalue weighted by Crippen LogP contribution is -3.11. The molecule has 20 heavy (non-hydrogen) atoms. The molecule has 0 aromatic carbocycles. The lowest BCUT2D eigenvalue weighted by Gasteiger charge is -2.37. The summed E-state index contributed by atoms with van der Waals surface area (Å²) in [6.45, 7) is 10.9. The molecule has 0 aromatic heterocycles. The van der Waals surface area contributed by atoms with Crippen LogP contribution in [0.4, 0.5) is 0 Å². The van der Waals surface area contributed by atoms with E-state index in [-0.39, 0.29) is 6.10 Å². The van der Waals surface area contributed by atoms with E-state index in [1.165, 1.54) is 51.6 Å². The maximum Gasteiger partial charge on any atom is 0.126 e. The molecule has 3 nitrogen and oxygen atoms in total. The van der Waals surface area contributed by atoms with Gasteiger partial charge in [0.15, 0.2) is 0 Å². The summed E-state index contributed by atoms with van der Waals surface area (Å²) in [5.41, 5.74) is 0.434. The van der Waals surface area contributed by atoms with Crippen LogP contribution in [0.1, 0.15) is 59.3 Å². The van der Waals surface area contributed by atoms with Crippen LogP contribution >= 0.6 is 0 Å². The molecule has 0 radical (unpaired) electrons. The Labute approximate surface area is 124 Å². The SMILES string of the molecule is CC(C)(C)C1CCC(OC[C@@H](O)C[NH+]2CCCC2)CC1. The van der Waals surface area contributed by atoms with E-state index in [1.807, 2.05) is 0 Å². The molecule has 118 valence electrons. The average molecular weight is 284 g/mol. The van der Waals surface area contributed by atoms with Crippen molar-refractivity contribution in [1.82, 2.24) is 0 Å². The highest BCUT2D eigenvalue weighted by molar-refractivity contribution is 4.81. The van der Waals surface area contributed by atoms with E-state index in [1.54, 1.807) is 4.90 Å². The number of quaternary nitrogens is 1. The van der Waals surface area contributed by atoms with Gasteiger partial charge in [0.25, 0.3) is 0 Å². The molecule has 2 aliphatic rings. The topological polar surface area (TPSA) is 33.9 Å². The van der Waals surface area contributed by atoms with Crippen molar-refractivity contribution in [3.63, 3.8) is 0 Å². The number of likely N-dealkylation sites (tertiary alicyclic amines) is 1. The number of aliphatic hydroxyl groups excluding tert-OH is 1. The first-order valence-electron chi connectivity index (χ1n) is 8.58. The summed E-state index contributed by atoms with van der Waals surface area (Å²) in [6, 6.07) is 0. The van der Waals surface area contributed by atoms with Crippen LogP contribution in [0.25, 0.3) is 0 Å². The Morgan fingerprint density at radius 3 is 2.25 bits per heavy atom. The van der Waals surface area contributed by atoms with Crippen molar-refractivity contribution in [3.8, 4) is 0 Å². The van der Waals surface area contributed by atoms with Crippen molar-refractivity contribution < 1.29 is 14.7 Å². The number of hydrogen-bond acceptors (Lipinski definition) is 2. The second-order valence-electron chi connectivity index (χ2n) is 7.99. The maximum atomic E-state index is 10.1. The summed E-state index contributed by atoms with van der Waals surface area (Å²) in [7, 11) is 0. The minimum atomic E-state index is -0.275. The van der Waals surface area contributed by atoms with Crippen LogP contribution in [0.3, 0.4) is 0 Å². The smallest absolute Gasteiger partial charge is 0.126 e. The number of rotatable bonds is 5. The van der Waals surface area contributed by atoms with Crippen molar-refractivity contribution in [1.29, 1.82) is 0 Å². The van der Waals surface area contributed by atoms with E-state index in [0.29, 0.717) is 18.1 Å². The standard InChI is InChI=1S/C17H33NO2/c1-17(2,3)14-6-8-16(9-7-14)20-13-15(19)12-18-10-4-5-11-18/h14-16,19H,4-13H2,1-3H3/p+1/t14?,15-,16?/m0/s1. The minimum absolute atomic E-state index is 0.275. The van der Waals surface area contributed by atoms with E-state index in [0.717, 1.165) is 12.5 Å². The first kappa shape index (κ1) is 16.3. The van der Waals surface area contributed by atoms with Crippen LogP contribution in [-0.2, 0) is 4.74 Å². The number of nitrogens with one attached hydrogen (secondary N) is 1. The molecule has 2 fully saturated rings. The number of hydrogen-bond donors (Lipinski definition) is 2. The van der Waals surface area contributed by atoms with Gasteiger partial charge in [0, 0.05) is 12.8 Å². The Bertz CT molecular complexity index is 273. The predicted molar refractivity (Wildman–Crippen MR) is 82.0 cm³/mol. The van der Waals surface area contributed by atoms with Crippen LogP contribution < -0.4 is 4.90 Å². The molecule has 0 unspecified atom stereocenters. The van der Waals surface area contributed by atoms with E-state index in [2.05, 4.69) is 20.8 Å². The molecule has 0 spiro atoms. The third kappa shape index (κ3) is 5.01. The Kier molecular flexibility index (Phi) is 5.88. The van der Waals surface area contributed by atoms with Gasteiger partial charge in [-0.2, -0.15) is 0 Å². The van der Waals surface area contributed by atoms with Crippen molar-refractivity contribution in [3.05, 3.63) is 0 Å². The van der Waals surface area contributed by atoms with Gasteiger partial charge in [-0.25, -0.2) is 0 Å². The summed E-state index contributed by atoms with van der Waals surface area (Å²) in [5, 5.41) is 10.1. The Balaban J connectivity index is 1.60. The minimum Gasteiger partial charge on any atom is -0.385 e. The molecule has 1 atom stereocenters. The fourth-order valence-corrected chi connectivity index (χ4v) is 3.81. The highest BCUT2D eigenvalue weighted by atomic mass is 16.5. The van der Waals surface area contributed by atoms with Gasteiger partial charge in [0.1, 0.15) is 12.6 Å². The Morgan fingerprint density at radius 2 is 1.70 bits per heavy atom. The van der Waals surface area contributed by atoms with Gasteiger partial charge >= 0.3 is 0 Å². The highest BCUT2D eigenvalue weighted by Crippen LogP contribution is 2.38. The maximum absolute atomic E-state index is 10.1. The second-order valence-corrected chi connectivity index (χ2v) is 7.99. The summed E-state index contributed by atoms with van der Waals surface area (Å²) < 4.78 is 5.95. The van der Waals surface area contributed by atoms with E-state index < -0.39 is 0 Å². The summed E-state index contributed by atoms with van der Waals surface area (Å²) in [6.07, 6.45) is 7.65. The highest BCUT2D eigenvalue weighted by Gasteiger charge is 2.30. The zero-order valence-corrected chi connectivity index (χ0v) is 13.7. The number of aliphatic hydroxyl groups is 1. The molecule has 0 bridgehead atoms. The van der Waals surface area contributed by atoms with E-state index >= 15 is 0 Å². The second kappa shape index (κ2) is 7.24. The van der Waals surface area contributed by atoms with E-state index in [4.69, 9.17) is 4.74 Å². The van der Waals surface area contributed by atoms with Crippen molar-refractivity contribution in [2.45, 2.75) is 71.5 Å². The van der Waals surface area contributed by atoms with Crippen molar-refractivity contribution in [2.24, 2.45) is 11.3 Å². The first-order valence-corrected chi connectivity index (χ1v) is 8.58. The Morgan fingerprint density at radius 1 is 1.10 bits per heavy atom. The van der Waals surface area contributed by atoms with Gasteiger partial charge in [-0.3, -0.25) is 0 Å². The molecular formula is C17H34NO2+. The largest absolute Gasteiger partial charge is 0.385 e. The summed E-state index contributed by atoms with van der Waals surface area (Å²) in [4.78, 5) is 1.55. The third-order valence-electron chi connectivity index (χ3n) is 5.26. The van der Waals surface area contributed by atoms with Crippen LogP contribution in [0.5, 0.6) is 0 Å². The zero-order valence-electron chi connectivity index (χ0n) is 13.7. The monoisotopic (exact) mass is 284 g/mol. The summed E-state index contributed by atoms with van der Waals surface area (Å²) in [5.74, 6) is 0.835. The average Bonchev–Trinajstić information content (AvgIpc) is 2.88. The van der Waals surface area contributed by atoms with Crippen LogP contribution in [0, 0.1) is 11.3 Å². The molecule has 1 saturated heterocycles. The molecule has 3 heteroatoms. The van der Waals surface area contributed by atoms with Crippen molar-refractivity contribution >= 4 is 0 Å². The normalized spacial score (nSPS) is 30.6. The molecule has 2 rings (SSSR count). The Hall–Kier alpha value is -0.120. The molecule has 1 saturated carbocycles. The lowest BCUT2D eigenvalue weighted by atomic mass is 9.72. The lowest BCUT2D eigenvalue weighted by molar-refractivity contribution is -0.890. The molecule has 1 heterocycles. The van der Waals surface area contributed by atoms with Crippen LogP contribution in [-0.4, -0.2) is 43.6 Å². The third-order valence-corrected chi connectivity index (χ3v) is 5.26. The molecule has 0 aromatic rings. The molecule has 2 N–H and O–H groups in total. The van der Waals surface area contributed by atoms with Gasteiger partial charge in [-0.15, -0.1) is 0 Å². The molecular weight excluding hydrogens is 250 g/mol. The molecule has 1 aliphatic carbocycles. The number of ether oxygens (including phenoxy) is 1. The van der Waals surface area contributed by atoms with Gasteiger partial charge in [0.2, 0.25) is 0 Å². The molecule has 1 aliphatic heterocycles. The van der Waals surface area contributed by atoms with Gasteiger partial charge in [-0.05, 0) is 37.0 Å². The fourth-order valence-electron chi connectivity index (χ4n) is 3.81. The predicted octanol–water partition coefficient (Wildman–Crippen LogP) is 1.65. The van der Waals surface area contributed by atoms with Gasteiger partial charge in [0.05, 0.1) is 25.8 Å². The molecule has 0 amide bonds. The fraction of sp³-hybridized carbons (Fsp3) is 1.00. The van der Waals surface area contributed by atoms with E-state index in [9.17, 15) is 5.11 Å². The zero-order chi connectivity index (χ0) is 14.6.